The third-order valence-corrected chi connectivity index (χ3v) is 4.27. The zero-order valence-electron chi connectivity index (χ0n) is 9.13. The molecule has 2 aromatic rings. The van der Waals surface area contributed by atoms with Gasteiger partial charge < -0.3 is 5.32 Å². The Morgan fingerprint density at radius 1 is 1.44 bits per heavy atom. The van der Waals surface area contributed by atoms with Crippen molar-refractivity contribution in [2.45, 2.75) is 6.92 Å². The first-order chi connectivity index (χ1) is 8.47. The summed E-state index contributed by atoms with van der Waals surface area (Å²) in [5, 5.41) is 3.22. The van der Waals surface area contributed by atoms with Crippen LogP contribution in [0.3, 0.4) is 0 Å². The van der Waals surface area contributed by atoms with Gasteiger partial charge in [0.2, 0.25) is 0 Å². The minimum Gasteiger partial charge on any atom is -0.318 e. The highest BCUT2D eigenvalue weighted by atomic mass is 79.9. The van der Waals surface area contributed by atoms with Crippen LogP contribution in [0.2, 0.25) is 10.3 Å². The molecule has 7 heteroatoms. The van der Waals surface area contributed by atoms with E-state index in [0.717, 1.165) is 9.35 Å². The van der Waals surface area contributed by atoms with Crippen LogP contribution < -0.4 is 5.32 Å². The molecule has 0 fully saturated rings. The normalized spacial score (nSPS) is 10.4. The molecular weight excluding hydrogens is 359 g/mol. The van der Waals surface area contributed by atoms with Crippen molar-refractivity contribution in [3.63, 3.8) is 0 Å². The Kier molecular flexibility index (Phi) is 4.27. The van der Waals surface area contributed by atoms with Gasteiger partial charge in [-0.2, -0.15) is 0 Å². The standard InChI is InChI=1S/C11H7BrCl2N2OS/c1-5-4-8(13)15-10(14)9(5)16-11(17)6-2-3-7(12)18-6/h2-4H,1H3,(H,16,17). The van der Waals surface area contributed by atoms with E-state index in [0.29, 0.717) is 15.7 Å². The van der Waals surface area contributed by atoms with Gasteiger partial charge in [-0.25, -0.2) is 4.98 Å². The van der Waals surface area contributed by atoms with Crippen LogP contribution in [0.4, 0.5) is 5.69 Å². The fourth-order valence-electron chi connectivity index (χ4n) is 1.36. The quantitative estimate of drug-likeness (QED) is 0.778. The molecule has 0 aliphatic rings. The Labute approximate surface area is 126 Å². The monoisotopic (exact) mass is 364 g/mol. The van der Waals surface area contributed by atoms with E-state index < -0.39 is 0 Å². The molecule has 18 heavy (non-hydrogen) atoms. The van der Waals surface area contributed by atoms with Crippen molar-refractivity contribution in [3.05, 3.63) is 42.7 Å². The number of aryl methyl sites for hydroxylation is 1. The van der Waals surface area contributed by atoms with Gasteiger partial charge >= 0.3 is 0 Å². The largest absolute Gasteiger partial charge is 0.318 e. The van der Waals surface area contributed by atoms with Crippen molar-refractivity contribution in [2.24, 2.45) is 0 Å². The van der Waals surface area contributed by atoms with E-state index in [9.17, 15) is 4.79 Å². The van der Waals surface area contributed by atoms with Gasteiger partial charge in [0.1, 0.15) is 5.15 Å². The molecule has 0 saturated heterocycles. The van der Waals surface area contributed by atoms with Crippen LogP contribution in [-0.4, -0.2) is 10.9 Å². The molecule has 94 valence electrons. The zero-order chi connectivity index (χ0) is 13.3. The number of pyridine rings is 1. The Morgan fingerprint density at radius 2 is 2.17 bits per heavy atom. The summed E-state index contributed by atoms with van der Waals surface area (Å²) in [7, 11) is 0. The van der Waals surface area contributed by atoms with E-state index >= 15 is 0 Å². The number of amides is 1. The molecule has 0 aliphatic carbocycles. The number of hydrogen-bond acceptors (Lipinski definition) is 3. The van der Waals surface area contributed by atoms with Crippen LogP contribution >= 0.6 is 50.5 Å². The first kappa shape index (κ1) is 13.8. The van der Waals surface area contributed by atoms with Crippen LogP contribution in [0.25, 0.3) is 0 Å². The van der Waals surface area contributed by atoms with Crippen molar-refractivity contribution < 1.29 is 4.79 Å². The zero-order valence-corrected chi connectivity index (χ0v) is 13.0. The van der Waals surface area contributed by atoms with E-state index in [4.69, 9.17) is 23.2 Å². The minimum absolute atomic E-state index is 0.184. The highest BCUT2D eigenvalue weighted by Crippen LogP contribution is 2.28. The van der Waals surface area contributed by atoms with Gasteiger partial charge in [-0.3, -0.25) is 4.79 Å². The van der Waals surface area contributed by atoms with Crippen LogP contribution in [0.5, 0.6) is 0 Å². The fraction of sp³-hybridized carbons (Fsp3) is 0.0909. The van der Waals surface area contributed by atoms with Gasteiger partial charge in [-0.05, 0) is 46.6 Å². The maximum absolute atomic E-state index is 12.0. The topological polar surface area (TPSA) is 42.0 Å². The molecule has 0 aliphatic heterocycles. The lowest BCUT2D eigenvalue weighted by molar-refractivity contribution is 0.103. The lowest BCUT2D eigenvalue weighted by Gasteiger charge is -2.09. The van der Waals surface area contributed by atoms with Crippen molar-refractivity contribution >= 4 is 62.1 Å². The Morgan fingerprint density at radius 3 is 2.72 bits per heavy atom. The number of carbonyl (C=O) groups is 1. The molecule has 0 radical (unpaired) electrons. The molecule has 2 rings (SSSR count). The lowest BCUT2D eigenvalue weighted by atomic mass is 10.2. The van der Waals surface area contributed by atoms with Crippen LogP contribution in [0.15, 0.2) is 22.0 Å². The Hall–Kier alpha value is -0.620. The molecule has 0 atom stereocenters. The van der Waals surface area contributed by atoms with Crippen molar-refractivity contribution in [1.82, 2.24) is 4.98 Å². The molecule has 0 aromatic carbocycles. The molecule has 0 unspecified atom stereocenters. The van der Waals surface area contributed by atoms with Gasteiger partial charge in [0.25, 0.3) is 5.91 Å². The van der Waals surface area contributed by atoms with E-state index in [1.54, 1.807) is 19.1 Å². The number of carbonyl (C=O) groups excluding carboxylic acids is 1. The van der Waals surface area contributed by atoms with Crippen LogP contribution in [-0.2, 0) is 0 Å². The molecule has 0 saturated carbocycles. The summed E-state index contributed by atoms with van der Waals surface area (Å²) in [5.41, 5.74) is 1.25. The van der Waals surface area contributed by atoms with Crippen molar-refractivity contribution in [2.75, 3.05) is 5.32 Å². The molecule has 1 N–H and O–H groups in total. The summed E-state index contributed by atoms with van der Waals surface area (Å²) in [6.45, 7) is 1.80. The second kappa shape index (κ2) is 5.57. The minimum atomic E-state index is -0.222. The maximum Gasteiger partial charge on any atom is 0.265 e. The second-order valence-corrected chi connectivity index (χ2v) is 6.69. The number of hydrogen-bond donors (Lipinski definition) is 1. The molecule has 2 heterocycles. The Balaban J connectivity index is 2.27. The maximum atomic E-state index is 12.0. The lowest BCUT2D eigenvalue weighted by Crippen LogP contribution is -2.12. The van der Waals surface area contributed by atoms with E-state index in [1.165, 1.54) is 11.3 Å². The second-order valence-electron chi connectivity index (χ2n) is 3.49. The van der Waals surface area contributed by atoms with Crippen molar-refractivity contribution in [3.8, 4) is 0 Å². The summed E-state index contributed by atoms with van der Waals surface area (Å²) in [6.07, 6.45) is 0. The summed E-state index contributed by atoms with van der Waals surface area (Å²) in [6, 6.07) is 5.19. The summed E-state index contributed by atoms with van der Waals surface area (Å²) >= 11 is 16.4. The van der Waals surface area contributed by atoms with Crippen molar-refractivity contribution in [1.29, 1.82) is 0 Å². The number of nitrogens with zero attached hydrogens (tertiary/aromatic N) is 1. The van der Waals surface area contributed by atoms with E-state index in [2.05, 4.69) is 26.2 Å². The first-order valence-electron chi connectivity index (χ1n) is 4.86. The number of aromatic nitrogens is 1. The van der Waals surface area contributed by atoms with Gasteiger partial charge in [0.15, 0.2) is 5.15 Å². The third-order valence-electron chi connectivity index (χ3n) is 2.18. The van der Waals surface area contributed by atoms with Gasteiger partial charge in [-0.1, -0.05) is 23.2 Å². The fourth-order valence-corrected chi connectivity index (χ4v) is 3.22. The van der Waals surface area contributed by atoms with Crippen LogP contribution in [0, 0.1) is 6.92 Å². The average molecular weight is 366 g/mol. The van der Waals surface area contributed by atoms with E-state index in [-0.39, 0.29) is 11.1 Å². The highest BCUT2D eigenvalue weighted by molar-refractivity contribution is 9.11. The number of halogens is 3. The summed E-state index contributed by atoms with van der Waals surface area (Å²) in [5.74, 6) is -0.222. The third kappa shape index (κ3) is 3.03. The molecule has 2 aromatic heterocycles. The SMILES string of the molecule is Cc1cc(Cl)nc(Cl)c1NC(=O)c1ccc(Br)s1. The number of nitrogens with one attached hydrogen (secondary N) is 1. The summed E-state index contributed by atoms with van der Waals surface area (Å²) < 4.78 is 0.893. The molecule has 1 amide bonds. The van der Waals surface area contributed by atoms with Crippen LogP contribution in [0.1, 0.15) is 15.2 Å². The summed E-state index contributed by atoms with van der Waals surface area (Å²) in [4.78, 5) is 16.5. The number of rotatable bonds is 2. The molecule has 0 bridgehead atoms. The van der Waals surface area contributed by atoms with Gasteiger partial charge in [-0.15, -0.1) is 11.3 Å². The van der Waals surface area contributed by atoms with Gasteiger partial charge in [0.05, 0.1) is 14.4 Å². The van der Waals surface area contributed by atoms with E-state index in [1.807, 2.05) is 6.07 Å². The Bertz CT molecular complexity index is 592. The average Bonchev–Trinajstić information content (AvgIpc) is 2.70. The van der Waals surface area contributed by atoms with Gasteiger partial charge in [0, 0.05) is 0 Å². The predicted molar refractivity (Wildman–Crippen MR) is 79.0 cm³/mol. The predicted octanol–water partition coefficient (Wildman–Crippen LogP) is 4.77. The molecular formula is C11H7BrCl2N2OS. The molecule has 0 spiro atoms. The molecule has 3 nitrogen and oxygen atoms in total. The first-order valence-corrected chi connectivity index (χ1v) is 7.23. The number of thiophene rings is 1. The smallest absolute Gasteiger partial charge is 0.265 e. The number of anilines is 1. The highest BCUT2D eigenvalue weighted by Gasteiger charge is 2.14.